The quantitative estimate of drug-likeness (QED) is 0.0822. The summed E-state index contributed by atoms with van der Waals surface area (Å²) in [5.41, 5.74) is -0.820. The van der Waals surface area contributed by atoms with Crippen LogP contribution in [0.2, 0.25) is 0 Å². The Morgan fingerprint density at radius 1 is 0.655 bits per heavy atom. The molecule has 0 spiro atoms. The third-order valence-electron chi connectivity index (χ3n) is 8.08. The Kier molecular flexibility index (Phi) is 12.2. The molecule has 7 rings (SSSR count). The predicted octanol–water partition coefficient (Wildman–Crippen LogP) is 5.20. The first-order valence-corrected chi connectivity index (χ1v) is 18.8. The van der Waals surface area contributed by atoms with E-state index >= 15 is 0 Å². The van der Waals surface area contributed by atoms with E-state index in [2.05, 4.69) is 25.6 Å². The van der Waals surface area contributed by atoms with Crippen molar-refractivity contribution in [3.8, 4) is 22.9 Å². The summed E-state index contributed by atoms with van der Waals surface area (Å²) in [6.45, 7) is 1.60. The Bertz CT molecular complexity index is 3100. The zero-order chi connectivity index (χ0) is 41.2. The van der Waals surface area contributed by atoms with Crippen LogP contribution in [-0.4, -0.2) is 35.5 Å². The van der Waals surface area contributed by atoms with Gasteiger partial charge in [0.25, 0.3) is 11.2 Å². The van der Waals surface area contributed by atoms with Crippen molar-refractivity contribution in [3.63, 3.8) is 0 Å². The van der Waals surface area contributed by atoms with Crippen molar-refractivity contribution in [2.75, 3.05) is 0 Å². The third kappa shape index (κ3) is 8.77. The van der Waals surface area contributed by atoms with Crippen LogP contribution in [0.4, 0.5) is 28.4 Å². The van der Waals surface area contributed by atoms with Gasteiger partial charge in [0, 0.05) is 34.0 Å². The maximum absolute atomic E-state index is 12.5. The number of fused-ring (bicyclic) bond motifs is 2. The van der Waals surface area contributed by atoms with E-state index in [1.807, 2.05) is 6.07 Å². The number of aryl methyl sites for hydroxylation is 1. The minimum atomic E-state index is -4.97. The van der Waals surface area contributed by atoms with Crippen molar-refractivity contribution in [2.45, 2.75) is 16.7 Å². The molecule has 1 heterocycles. The summed E-state index contributed by atoms with van der Waals surface area (Å²) in [5, 5.41) is 66.5. The molecule has 1 aromatic heterocycles. The number of nitro benzene ring substituents is 1. The summed E-state index contributed by atoms with van der Waals surface area (Å²) < 4.78 is 70.8. The molecule has 0 aliphatic carbocycles. The molecule has 0 saturated carbocycles. The normalized spacial score (nSPS) is 11.8. The standard InChI is InChI=1S/C20H14N2O8S2.C16H13N5O4.Cr/c23-14-9-8-11-4-3-7-16(31(25,26)27)18(11)20(14)22-21-19-13-6-2-1-5-12(13)17(10-15(19)24)32(28,29)30;1-10-15(16(23)20(19-10)11-5-3-2-4-6-11)18-17-13-8-7-12(21(24)25)9-14(13)22;/h1-10,23-24H,(H,25,26,27)(H,28,29,30);2-9H,1H3,(H2,17,18,19,22,23);/q;;+3/p-3. The number of para-hydroxylation sites is 1. The molecule has 6 aromatic carbocycles. The van der Waals surface area contributed by atoms with Crippen LogP contribution in [0.1, 0.15) is 9.97 Å². The molecule has 0 unspecified atom stereocenters. The smallest absolute Gasteiger partial charge is 0.871 e. The van der Waals surface area contributed by atoms with Crippen LogP contribution in [0.5, 0.6) is 17.2 Å². The number of benzene rings is 6. The van der Waals surface area contributed by atoms with Gasteiger partial charge in [0.15, 0.2) is 0 Å². The molecule has 0 amide bonds. The zero-order valence-corrected chi connectivity index (χ0v) is 32.1. The molecule has 19 nitrogen and oxygen atoms in total. The van der Waals surface area contributed by atoms with E-state index in [0.29, 0.717) is 17.4 Å². The molecule has 1 radical (unpaired) electrons. The Morgan fingerprint density at radius 2 is 1.28 bits per heavy atom. The van der Waals surface area contributed by atoms with Crippen LogP contribution in [-0.2, 0) is 37.6 Å². The van der Waals surface area contributed by atoms with Gasteiger partial charge in [-0.2, -0.15) is 15.3 Å². The van der Waals surface area contributed by atoms with Gasteiger partial charge in [-0.05, 0) is 35.7 Å². The van der Waals surface area contributed by atoms with Gasteiger partial charge < -0.3 is 34.2 Å². The van der Waals surface area contributed by atoms with E-state index in [1.54, 1.807) is 31.2 Å². The van der Waals surface area contributed by atoms with E-state index in [4.69, 9.17) is 0 Å². The first-order valence-electron chi connectivity index (χ1n) is 15.9. The number of nitro groups is 1. The summed E-state index contributed by atoms with van der Waals surface area (Å²) in [5.74, 6) is -2.36. The van der Waals surface area contributed by atoms with Crippen molar-refractivity contribution < 1.29 is 67.8 Å². The van der Waals surface area contributed by atoms with Crippen molar-refractivity contribution in [3.05, 3.63) is 135 Å². The summed E-state index contributed by atoms with van der Waals surface area (Å²) in [6.07, 6.45) is 0. The summed E-state index contributed by atoms with van der Waals surface area (Å²) >= 11 is 0. The molecular weight excluding hydrogens is 839 g/mol. The number of aromatic nitrogens is 2. The second kappa shape index (κ2) is 16.7. The van der Waals surface area contributed by atoms with Crippen molar-refractivity contribution in [1.29, 1.82) is 0 Å². The van der Waals surface area contributed by atoms with Gasteiger partial charge in [-0.25, -0.2) is 16.8 Å². The van der Waals surface area contributed by atoms with Crippen molar-refractivity contribution >= 4 is 70.2 Å². The van der Waals surface area contributed by atoms with Crippen LogP contribution in [0.3, 0.4) is 0 Å². The second-order valence-corrected chi connectivity index (χ2v) is 14.4. The monoisotopic (exact) mass is 862 g/mol. The van der Waals surface area contributed by atoms with Crippen LogP contribution < -0.4 is 26.0 Å². The molecule has 0 aliphatic heterocycles. The summed E-state index contributed by atoms with van der Waals surface area (Å²) in [6, 6.07) is 24.4. The predicted molar refractivity (Wildman–Crippen MR) is 197 cm³/mol. The number of non-ortho nitro benzene ring substituents is 1. The number of azo groups is 2. The molecule has 58 heavy (non-hydrogen) atoms. The summed E-state index contributed by atoms with van der Waals surface area (Å²) in [7, 11) is -9.94. The Balaban J connectivity index is 0.000000404. The van der Waals surface area contributed by atoms with Gasteiger partial charge in [0.1, 0.15) is 25.9 Å². The maximum Gasteiger partial charge on any atom is 3.00 e. The fourth-order valence-electron chi connectivity index (χ4n) is 5.49. The van der Waals surface area contributed by atoms with Gasteiger partial charge >= 0.3 is 21.6 Å². The first kappa shape index (κ1) is 42.3. The third-order valence-corrected chi connectivity index (χ3v) is 9.83. The Labute approximate surface area is 342 Å². The second-order valence-electron chi connectivity index (χ2n) is 11.7. The fourth-order valence-corrected chi connectivity index (χ4v) is 6.90. The number of rotatable bonds is 8. The molecule has 0 saturated heterocycles. The van der Waals surface area contributed by atoms with E-state index in [1.165, 1.54) is 53.2 Å². The van der Waals surface area contributed by atoms with Crippen LogP contribution in [0, 0.1) is 17.0 Å². The topological polar surface area (TPSA) is 312 Å². The molecule has 0 fully saturated rings. The molecule has 0 N–H and O–H groups in total. The van der Waals surface area contributed by atoms with Gasteiger partial charge in [-0.15, -0.1) is 10.8 Å². The molecule has 293 valence electrons. The van der Waals surface area contributed by atoms with Gasteiger partial charge in [0.2, 0.25) is 0 Å². The number of hydrogen-bond donors (Lipinski definition) is 0. The summed E-state index contributed by atoms with van der Waals surface area (Å²) in [4.78, 5) is 21.0. The minimum absolute atomic E-state index is 0. The van der Waals surface area contributed by atoms with Crippen molar-refractivity contribution in [2.24, 2.45) is 20.5 Å². The zero-order valence-electron chi connectivity index (χ0n) is 32.1. The van der Waals surface area contributed by atoms with Crippen LogP contribution in [0.25, 0.3) is 27.2 Å². The Hall–Kier alpha value is -6.80. The number of hydrogen-bond acceptors (Lipinski definition) is 16. The minimum Gasteiger partial charge on any atom is -0.871 e. The fraction of sp³-hybridized carbons (Fsp3) is 0.0278. The van der Waals surface area contributed by atoms with Gasteiger partial charge in [-0.3, -0.25) is 14.9 Å². The van der Waals surface area contributed by atoms with Gasteiger partial charge in [0.05, 0.1) is 31.8 Å². The average Bonchev–Trinajstić information content (AvgIpc) is 3.45. The molecule has 0 bridgehead atoms. The van der Waals surface area contributed by atoms with E-state index < -0.39 is 63.4 Å². The van der Waals surface area contributed by atoms with Crippen molar-refractivity contribution in [1.82, 2.24) is 9.78 Å². The Morgan fingerprint density at radius 3 is 1.91 bits per heavy atom. The van der Waals surface area contributed by atoms with E-state index in [-0.39, 0.29) is 65.9 Å². The van der Waals surface area contributed by atoms with E-state index in [9.17, 15) is 56.2 Å². The molecular formula is C36H24CrN7O12S2. The van der Waals surface area contributed by atoms with Gasteiger partial charge in [-0.1, -0.05) is 90.9 Å². The maximum atomic E-state index is 12.5. The first-order chi connectivity index (χ1) is 27.0. The SMILES string of the molecule is Cc1[n-]n(-c2ccccc2)c(=O)c1N=Nc1ccc([N+](=O)[O-])cc1[O-].O=S(=O)([O-])c1cc([O-])c(N=Nc2c([O-])ccc3cccc(S(=O)(=O)[O-])c23)c2ccccc12.[Cr+3].[H+].[H+].[H+]. The van der Waals surface area contributed by atoms with Crippen LogP contribution >= 0.6 is 0 Å². The average molecular weight is 863 g/mol. The molecule has 0 aliphatic rings. The largest absolute Gasteiger partial charge is 3.00 e. The molecule has 0 atom stereocenters. The molecule has 7 aromatic rings. The van der Waals surface area contributed by atoms with Crippen LogP contribution in [0.15, 0.2) is 144 Å². The molecule has 22 heteroatoms. The number of nitrogens with zero attached hydrogens (tertiary/aromatic N) is 7. The van der Waals surface area contributed by atoms with E-state index in [0.717, 1.165) is 24.3 Å².